The molecule has 3 heteroatoms. The Morgan fingerprint density at radius 2 is 2.31 bits per heavy atom. The average Bonchev–Trinajstić information content (AvgIpc) is 2.15. The zero-order chi connectivity index (χ0) is 9.47. The quantitative estimate of drug-likeness (QED) is 0.602. The summed E-state index contributed by atoms with van der Waals surface area (Å²) >= 11 is 0. The van der Waals surface area contributed by atoms with Crippen molar-refractivity contribution in [1.29, 1.82) is 0 Å². The van der Waals surface area contributed by atoms with Gasteiger partial charge in [0.15, 0.2) is 0 Å². The largest absolute Gasteiger partial charge is 0.339 e. The van der Waals surface area contributed by atoms with Crippen LogP contribution in [0.2, 0.25) is 0 Å². The van der Waals surface area contributed by atoms with Gasteiger partial charge in [-0.15, -0.1) is 0 Å². The number of rotatable bonds is 1. The Kier molecular flexibility index (Phi) is 2.06. The molecule has 2 saturated heterocycles. The molecule has 74 valence electrons. The number of nitrogens with zero attached hydrogens (tertiary/aromatic N) is 1. The van der Waals surface area contributed by atoms with E-state index < -0.39 is 0 Å². The fourth-order valence-electron chi connectivity index (χ4n) is 2.38. The molecule has 2 rings (SSSR count). The highest BCUT2D eigenvalue weighted by Gasteiger charge is 2.52. The fraction of sp³-hybridized carbons (Fsp3) is 0.900. The highest BCUT2D eigenvalue weighted by Crippen LogP contribution is 2.38. The molecule has 0 aromatic carbocycles. The maximum atomic E-state index is 11.9. The Bertz CT molecular complexity index is 219. The van der Waals surface area contributed by atoms with Crippen LogP contribution in [0.1, 0.15) is 26.7 Å². The zero-order valence-corrected chi connectivity index (χ0v) is 8.47. The third-order valence-corrected chi connectivity index (χ3v) is 3.28. The van der Waals surface area contributed by atoms with Crippen LogP contribution in [0.15, 0.2) is 0 Å². The van der Waals surface area contributed by atoms with E-state index >= 15 is 0 Å². The zero-order valence-electron chi connectivity index (χ0n) is 8.47. The number of carbonyl (C=O) groups is 1. The van der Waals surface area contributed by atoms with E-state index in [1.165, 1.54) is 0 Å². The Labute approximate surface area is 79.5 Å². The Balaban J connectivity index is 2.01. The van der Waals surface area contributed by atoms with Crippen molar-refractivity contribution in [2.75, 3.05) is 19.6 Å². The number of hydrogen-bond donors (Lipinski definition) is 1. The van der Waals surface area contributed by atoms with Gasteiger partial charge in [-0.2, -0.15) is 0 Å². The molecular weight excluding hydrogens is 164 g/mol. The van der Waals surface area contributed by atoms with E-state index in [4.69, 9.17) is 0 Å². The number of amides is 1. The van der Waals surface area contributed by atoms with E-state index in [0.717, 1.165) is 32.5 Å². The summed E-state index contributed by atoms with van der Waals surface area (Å²) in [7, 11) is 0. The molecule has 1 N–H and O–H groups in total. The lowest BCUT2D eigenvalue weighted by Gasteiger charge is -2.52. The van der Waals surface area contributed by atoms with Gasteiger partial charge >= 0.3 is 0 Å². The van der Waals surface area contributed by atoms with Crippen molar-refractivity contribution in [1.82, 2.24) is 10.2 Å². The lowest BCUT2D eigenvalue weighted by Crippen LogP contribution is -2.68. The first-order valence-corrected chi connectivity index (χ1v) is 5.17. The van der Waals surface area contributed by atoms with Crippen LogP contribution < -0.4 is 5.32 Å². The Morgan fingerprint density at radius 3 is 2.77 bits per heavy atom. The molecule has 1 atom stereocenters. The van der Waals surface area contributed by atoms with Crippen LogP contribution >= 0.6 is 0 Å². The minimum absolute atomic E-state index is 0.0114. The molecule has 0 aliphatic carbocycles. The SMILES string of the molecule is CC(C)N1CC2(CCCNC2)C1=O. The van der Waals surface area contributed by atoms with Crippen LogP contribution in [0.4, 0.5) is 0 Å². The first-order valence-electron chi connectivity index (χ1n) is 5.17. The van der Waals surface area contributed by atoms with Gasteiger partial charge in [-0.25, -0.2) is 0 Å². The van der Waals surface area contributed by atoms with E-state index in [0.29, 0.717) is 11.9 Å². The number of piperidine rings is 1. The van der Waals surface area contributed by atoms with Crippen LogP contribution in [-0.4, -0.2) is 36.5 Å². The van der Waals surface area contributed by atoms with Crippen LogP contribution in [0, 0.1) is 5.41 Å². The molecule has 0 bridgehead atoms. The third-order valence-electron chi connectivity index (χ3n) is 3.28. The van der Waals surface area contributed by atoms with Crippen molar-refractivity contribution >= 4 is 5.91 Å². The summed E-state index contributed by atoms with van der Waals surface area (Å²) in [6.07, 6.45) is 2.24. The predicted octanol–water partition coefficient (Wildman–Crippen LogP) is 0.607. The van der Waals surface area contributed by atoms with Crippen LogP contribution in [-0.2, 0) is 4.79 Å². The maximum Gasteiger partial charge on any atom is 0.232 e. The minimum Gasteiger partial charge on any atom is -0.339 e. The molecule has 13 heavy (non-hydrogen) atoms. The lowest BCUT2D eigenvalue weighted by atomic mass is 9.72. The number of carbonyl (C=O) groups excluding carboxylic acids is 1. The molecule has 0 aromatic heterocycles. The second-order valence-electron chi connectivity index (χ2n) is 4.59. The molecular formula is C10H18N2O. The van der Waals surface area contributed by atoms with Crippen LogP contribution in [0.5, 0.6) is 0 Å². The summed E-state index contributed by atoms with van der Waals surface area (Å²) in [5.74, 6) is 0.370. The maximum absolute atomic E-state index is 11.9. The van der Waals surface area contributed by atoms with Gasteiger partial charge in [-0.05, 0) is 33.2 Å². The number of likely N-dealkylation sites (tertiary alicyclic amines) is 1. The van der Waals surface area contributed by atoms with Gasteiger partial charge in [-0.3, -0.25) is 4.79 Å². The number of nitrogens with one attached hydrogen (secondary N) is 1. The van der Waals surface area contributed by atoms with Gasteiger partial charge < -0.3 is 10.2 Å². The summed E-state index contributed by atoms with van der Waals surface area (Å²) < 4.78 is 0. The normalized spacial score (nSPS) is 34.1. The highest BCUT2D eigenvalue weighted by atomic mass is 16.2. The van der Waals surface area contributed by atoms with Crippen molar-refractivity contribution in [3.63, 3.8) is 0 Å². The van der Waals surface area contributed by atoms with Gasteiger partial charge in [0.05, 0.1) is 5.41 Å². The highest BCUT2D eigenvalue weighted by molar-refractivity contribution is 5.89. The molecule has 1 amide bonds. The summed E-state index contributed by atoms with van der Waals surface area (Å²) in [6.45, 7) is 7.12. The van der Waals surface area contributed by atoms with Gasteiger partial charge in [0.2, 0.25) is 5.91 Å². The van der Waals surface area contributed by atoms with Crippen molar-refractivity contribution in [3.05, 3.63) is 0 Å². The first-order chi connectivity index (χ1) is 6.16. The third kappa shape index (κ3) is 1.26. The first kappa shape index (κ1) is 9.00. The summed E-state index contributed by atoms with van der Waals surface area (Å²) in [5.41, 5.74) is -0.0114. The predicted molar refractivity (Wildman–Crippen MR) is 51.4 cm³/mol. The molecule has 0 saturated carbocycles. The van der Waals surface area contributed by atoms with Crippen molar-refractivity contribution in [2.45, 2.75) is 32.7 Å². The van der Waals surface area contributed by atoms with Crippen molar-refractivity contribution in [3.8, 4) is 0 Å². The smallest absolute Gasteiger partial charge is 0.232 e. The average molecular weight is 182 g/mol. The summed E-state index contributed by atoms with van der Waals surface area (Å²) in [4.78, 5) is 13.8. The summed E-state index contributed by atoms with van der Waals surface area (Å²) in [5, 5.41) is 3.32. The molecule has 0 aromatic rings. The topological polar surface area (TPSA) is 32.3 Å². The monoisotopic (exact) mass is 182 g/mol. The van der Waals surface area contributed by atoms with E-state index in [9.17, 15) is 4.79 Å². The van der Waals surface area contributed by atoms with Gasteiger partial charge in [0.1, 0.15) is 0 Å². The molecule has 2 heterocycles. The fourth-order valence-corrected chi connectivity index (χ4v) is 2.38. The van der Waals surface area contributed by atoms with Gasteiger partial charge in [0, 0.05) is 19.1 Å². The molecule has 2 aliphatic rings. The van der Waals surface area contributed by atoms with Crippen LogP contribution in [0.25, 0.3) is 0 Å². The van der Waals surface area contributed by atoms with Gasteiger partial charge in [0.25, 0.3) is 0 Å². The van der Waals surface area contributed by atoms with E-state index in [2.05, 4.69) is 19.2 Å². The Morgan fingerprint density at radius 1 is 1.54 bits per heavy atom. The molecule has 1 spiro atoms. The van der Waals surface area contributed by atoms with Crippen molar-refractivity contribution < 1.29 is 4.79 Å². The van der Waals surface area contributed by atoms with Crippen LogP contribution in [0.3, 0.4) is 0 Å². The molecule has 1 unspecified atom stereocenters. The standard InChI is InChI=1S/C10H18N2O/c1-8(2)12-7-10(9(12)13)4-3-5-11-6-10/h8,11H,3-7H2,1-2H3. The molecule has 2 fully saturated rings. The molecule has 3 nitrogen and oxygen atoms in total. The number of hydrogen-bond acceptors (Lipinski definition) is 2. The van der Waals surface area contributed by atoms with Crippen molar-refractivity contribution in [2.24, 2.45) is 5.41 Å². The summed E-state index contributed by atoms with van der Waals surface area (Å²) in [6, 6.07) is 0.375. The Hall–Kier alpha value is -0.570. The van der Waals surface area contributed by atoms with E-state index in [1.807, 2.05) is 4.90 Å². The minimum atomic E-state index is -0.0114. The molecule has 2 aliphatic heterocycles. The lowest BCUT2D eigenvalue weighted by molar-refractivity contribution is -0.165. The number of β-lactam (4-membered cyclic amide) rings is 1. The second-order valence-corrected chi connectivity index (χ2v) is 4.59. The molecule has 0 radical (unpaired) electrons. The van der Waals surface area contributed by atoms with E-state index in [1.54, 1.807) is 0 Å². The van der Waals surface area contributed by atoms with E-state index in [-0.39, 0.29) is 5.41 Å². The second kappa shape index (κ2) is 2.98. The van der Waals surface area contributed by atoms with Gasteiger partial charge in [-0.1, -0.05) is 0 Å².